The lowest BCUT2D eigenvalue weighted by Gasteiger charge is -2.11. The third kappa shape index (κ3) is 4.58. The van der Waals surface area contributed by atoms with Crippen LogP contribution in [0.2, 0.25) is 0 Å². The van der Waals surface area contributed by atoms with Gasteiger partial charge in [-0.15, -0.1) is 0 Å². The maximum Gasteiger partial charge on any atom is 0.262 e. The highest BCUT2D eigenvalue weighted by atomic mass is 16.5. The van der Waals surface area contributed by atoms with Crippen LogP contribution in [0.15, 0.2) is 48.5 Å². The van der Waals surface area contributed by atoms with Gasteiger partial charge in [0, 0.05) is 5.69 Å². The number of nitriles is 1. The standard InChI is InChI=1S/C19H20N2O2/c1-3-14(2)15-8-10-17(11-9-15)21-19(22)13-23-18-7-5-4-6-16(18)12-20/h4-11,14H,3,13H2,1-2H3,(H,21,22). The summed E-state index contributed by atoms with van der Waals surface area (Å²) < 4.78 is 5.41. The largest absolute Gasteiger partial charge is 0.482 e. The van der Waals surface area contributed by atoms with E-state index in [9.17, 15) is 4.79 Å². The summed E-state index contributed by atoms with van der Waals surface area (Å²) in [6.45, 7) is 4.19. The number of carbonyl (C=O) groups excluding carboxylic acids is 1. The van der Waals surface area contributed by atoms with Gasteiger partial charge < -0.3 is 10.1 Å². The van der Waals surface area contributed by atoms with E-state index in [1.807, 2.05) is 30.3 Å². The van der Waals surface area contributed by atoms with Crippen LogP contribution in [0, 0.1) is 11.3 Å². The second-order valence-electron chi connectivity index (χ2n) is 5.38. The molecule has 0 aliphatic carbocycles. The number of nitrogens with one attached hydrogen (secondary N) is 1. The van der Waals surface area contributed by atoms with Crippen LogP contribution in [-0.2, 0) is 4.79 Å². The normalized spacial score (nSPS) is 11.3. The lowest BCUT2D eigenvalue weighted by molar-refractivity contribution is -0.118. The second kappa shape index (κ2) is 8.00. The summed E-state index contributed by atoms with van der Waals surface area (Å²) in [4.78, 5) is 11.9. The average Bonchev–Trinajstić information content (AvgIpc) is 2.60. The molecule has 2 rings (SSSR count). The molecule has 0 spiro atoms. The Bertz CT molecular complexity index is 702. The molecule has 0 fully saturated rings. The van der Waals surface area contributed by atoms with Crippen molar-refractivity contribution in [3.8, 4) is 11.8 Å². The van der Waals surface area contributed by atoms with E-state index in [-0.39, 0.29) is 12.5 Å². The fourth-order valence-electron chi connectivity index (χ4n) is 2.16. The van der Waals surface area contributed by atoms with Crippen LogP contribution in [0.5, 0.6) is 5.75 Å². The molecule has 2 aromatic carbocycles. The van der Waals surface area contributed by atoms with Crippen molar-refractivity contribution in [2.24, 2.45) is 0 Å². The highest BCUT2D eigenvalue weighted by molar-refractivity contribution is 5.91. The van der Waals surface area contributed by atoms with Crippen LogP contribution in [0.4, 0.5) is 5.69 Å². The zero-order chi connectivity index (χ0) is 16.7. The highest BCUT2D eigenvalue weighted by Crippen LogP contribution is 2.20. The maximum atomic E-state index is 11.9. The number of para-hydroxylation sites is 1. The van der Waals surface area contributed by atoms with Crippen molar-refractivity contribution in [2.75, 3.05) is 11.9 Å². The summed E-state index contributed by atoms with van der Waals surface area (Å²) in [5.74, 6) is 0.664. The molecule has 4 heteroatoms. The first kappa shape index (κ1) is 16.6. The molecule has 1 unspecified atom stereocenters. The summed E-state index contributed by atoms with van der Waals surface area (Å²) >= 11 is 0. The van der Waals surface area contributed by atoms with Gasteiger partial charge >= 0.3 is 0 Å². The predicted octanol–water partition coefficient (Wildman–Crippen LogP) is 4.09. The molecule has 0 radical (unpaired) electrons. The van der Waals surface area contributed by atoms with Crippen LogP contribution < -0.4 is 10.1 Å². The van der Waals surface area contributed by atoms with Gasteiger partial charge in [0.15, 0.2) is 6.61 Å². The van der Waals surface area contributed by atoms with E-state index >= 15 is 0 Å². The van der Waals surface area contributed by atoms with E-state index in [1.54, 1.807) is 24.3 Å². The number of amides is 1. The number of hydrogen-bond donors (Lipinski definition) is 1. The summed E-state index contributed by atoms with van der Waals surface area (Å²) in [5, 5.41) is 11.8. The fraction of sp³-hybridized carbons (Fsp3) is 0.263. The number of hydrogen-bond acceptors (Lipinski definition) is 3. The summed E-state index contributed by atoms with van der Waals surface area (Å²) in [6, 6.07) is 16.7. The van der Waals surface area contributed by atoms with Crippen LogP contribution in [0.3, 0.4) is 0 Å². The molecule has 0 heterocycles. The lowest BCUT2D eigenvalue weighted by atomic mass is 9.99. The molecule has 0 aromatic heterocycles. The van der Waals surface area contributed by atoms with Crippen LogP contribution in [0.25, 0.3) is 0 Å². The van der Waals surface area contributed by atoms with E-state index in [2.05, 4.69) is 19.2 Å². The topological polar surface area (TPSA) is 62.1 Å². The minimum atomic E-state index is -0.256. The van der Waals surface area contributed by atoms with Crippen molar-refractivity contribution >= 4 is 11.6 Å². The summed E-state index contributed by atoms with van der Waals surface area (Å²) in [6.07, 6.45) is 1.08. The van der Waals surface area contributed by atoms with Crippen LogP contribution in [-0.4, -0.2) is 12.5 Å². The second-order valence-corrected chi connectivity index (χ2v) is 5.38. The van der Waals surface area contributed by atoms with E-state index in [4.69, 9.17) is 10.00 Å². The molecule has 4 nitrogen and oxygen atoms in total. The third-order valence-corrected chi connectivity index (χ3v) is 3.74. The quantitative estimate of drug-likeness (QED) is 0.874. The Morgan fingerprint density at radius 3 is 2.57 bits per heavy atom. The monoisotopic (exact) mass is 308 g/mol. The summed E-state index contributed by atoms with van der Waals surface area (Å²) in [7, 11) is 0. The number of carbonyl (C=O) groups is 1. The number of ether oxygens (including phenoxy) is 1. The molecule has 0 saturated heterocycles. The van der Waals surface area contributed by atoms with E-state index in [0.717, 1.165) is 12.1 Å². The molecule has 0 saturated carbocycles. The molecular formula is C19H20N2O2. The lowest BCUT2D eigenvalue weighted by Crippen LogP contribution is -2.20. The van der Waals surface area contributed by atoms with Gasteiger partial charge in [0.05, 0.1) is 5.56 Å². The molecule has 23 heavy (non-hydrogen) atoms. The van der Waals surface area contributed by atoms with Gasteiger partial charge in [0.1, 0.15) is 11.8 Å². The molecule has 118 valence electrons. The molecule has 1 atom stereocenters. The average molecular weight is 308 g/mol. The number of benzene rings is 2. The van der Waals surface area contributed by atoms with Crippen molar-refractivity contribution < 1.29 is 9.53 Å². The smallest absolute Gasteiger partial charge is 0.262 e. The van der Waals surface area contributed by atoms with Crippen LogP contribution in [0.1, 0.15) is 37.3 Å². The Morgan fingerprint density at radius 2 is 1.91 bits per heavy atom. The summed E-state index contributed by atoms with van der Waals surface area (Å²) in [5.41, 5.74) is 2.40. The molecule has 0 bridgehead atoms. The van der Waals surface area contributed by atoms with Gasteiger partial charge in [0.25, 0.3) is 5.91 Å². The number of anilines is 1. The van der Waals surface area contributed by atoms with Gasteiger partial charge in [-0.25, -0.2) is 0 Å². The number of rotatable bonds is 6. The van der Waals surface area contributed by atoms with Gasteiger partial charge in [-0.3, -0.25) is 4.79 Å². The Morgan fingerprint density at radius 1 is 1.22 bits per heavy atom. The van der Waals surface area contributed by atoms with Crippen molar-refractivity contribution in [1.29, 1.82) is 5.26 Å². The minimum absolute atomic E-state index is 0.133. The zero-order valence-corrected chi connectivity index (χ0v) is 13.4. The molecular weight excluding hydrogens is 288 g/mol. The Hall–Kier alpha value is -2.80. The first-order chi connectivity index (χ1) is 11.1. The minimum Gasteiger partial charge on any atom is -0.482 e. The highest BCUT2D eigenvalue weighted by Gasteiger charge is 2.07. The van der Waals surface area contributed by atoms with E-state index < -0.39 is 0 Å². The first-order valence-electron chi connectivity index (χ1n) is 7.65. The van der Waals surface area contributed by atoms with Crippen molar-refractivity contribution in [3.05, 3.63) is 59.7 Å². The van der Waals surface area contributed by atoms with Gasteiger partial charge in [0.2, 0.25) is 0 Å². The van der Waals surface area contributed by atoms with Gasteiger partial charge in [-0.1, -0.05) is 38.1 Å². The van der Waals surface area contributed by atoms with E-state index in [1.165, 1.54) is 5.56 Å². The predicted molar refractivity (Wildman–Crippen MR) is 90.4 cm³/mol. The molecule has 0 aliphatic rings. The van der Waals surface area contributed by atoms with Crippen molar-refractivity contribution in [2.45, 2.75) is 26.2 Å². The molecule has 1 N–H and O–H groups in total. The maximum absolute atomic E-state index is 11.9. The van der Waals surface area contributed by atoms with Gasteiger partial charge in [-0.05, 0) is 42.2 Å². The Kier molecular flexibility index (Phi) is 5.76. The third-order valence-electron chi connectivity index (χ3n) is 3.74. The first-order valence-corrected chi connectivity index (χ1v) is 7.65. The molecule has 1 amide bonds. The Balaban J connectivity index is 1.91. The Labute approximate surface area is 136 Å². The van der Waals surface area contributed by atoms with Gasteiger partial charge in [-0.2, -0.15) is 5.26 Å². The van der Waals surface area contributed by atoms with E-state index in [0.29, 0.717) is 17.2 Å². The SMILES string of the molecule is CCC(C)c1ccc(NC(=O)COc2ccccc2C#N)cc1. The number of nitrogens with zero attached hydrogens (tertiary/aromatic N) is 1. The fourth-order valence-corrected chi connectivity index (χ4v) is 2.16. The molecule has 2 aromatic rings. The van der Waals surface area contributed by atoms with Crippen molar-refractivity contribution in [1.82, 2.24) is 0 Å². The van der Waals surface area contributed by atoms with Crippen molar-refractivity contribution in [3.63, 3.8) is 0 Å². The van der Waals surface area contributed by atoms with Crippen LogP contribution >= 0.6 is 0 Å². The zero-order valence-electron chi connectivity index (χ0n) is 13.4. The molecule has 0 aliphatic heterocycles.